The van der Waals surface area contributed by atoms with Crippen molar-refractivity contribution >= 4 is 52.7 Å². The van der Waals surface area contributed by atoms with Crippen molar-refractivity contribution in [2.24, 2.45) is 0 Å². The van der Waals surface area contributed by atoms with Crippen LogP contribution in [-0.4, -0.2) is 114 Å². The van der Waals surface area contributed by atoms with Crippen LogP contribution in [0.1, 0.15) is 90.0 Å². The lowest BCUT2D eigenvalue weighted by Crippen LogP contribution is -2.68. The predicted octanol–water partition coefficient (Wildman–Crippen LogP) is 5.02. The average molecular weight is 792 g/mol. The first-order chi connectivity index (χ1) is 24.2. The molecule has 52 heavy (non-hydrogen) atoms. The summed E-state index contributed by atoms with van der Waals surface area (Å²) in [7, 11) is -6.25. The number of fused-ring (bicyclic) bond motifs is 1. The Balaban J connectivity index is 2.17. The van der Waals surface area contributed by atoms with Gasteiger partial charge in [-0.1, -0.05) is 61.5 Å². The summed E-state index contributed by atoms with van der Waals surface area (Å²) in [6.45, 7) is 27.7. The molecule has 1 amide bonds. The molecule has 0 radical (unpaired) electrons. The SMILES string of the molecule is C=CCO[C@@H]1O[C@H](CO[C@H]2S[C@@H](C)[C@@H](OC(C)=O)[C@@H](OC(C)=O)[C@@H]2OC(C)=O)[C@H]2O[Si](C(C)C)(C(C)C)O[Si](C(C)C)(C(C)C)O[C@@H]2[C@H]1NC(C)=O. The first-order valence-corrected chi connectivity index (χ1v) is 23.1. The van der Waals surface area contributed by atoms with E-state index in [-0.39, 0.29) is 41.3 Å². The molecule has 0 aliphatic carbocycles. The number of ether oxygens (including phenoxy) is 6. The molecule has 3 heterocycles. The van der Waals surface area contributed by atoms with Crippen LogP contribution in [0.3, 0.4) is 0 Å². The predicted molar refractivity (Wildman–Crippen MR) is 199 cm³/mol. The second-order valence-electron chi connectivity index (χ2n) is 15.0. The number of thioether (sulfide) groups is 1. The summed E-state index contributed by atoms with van der Waals surface area (Å²) < 4.78 is 58.4. The van der Waals surface area contributed by atoms with Gasteiger partial charge < -0.3 is 46.7 Å². The molecular formula is C35H61NO13SSi2. The molecule has 0 aromatic rings. The van der Waals surface area contributed by atoms with Crippen molar-refractivity contribution in [2.75, 3.05) is 13.2 Å². The van der Waals surface area contributed by atoms with Gasteiger partial charge in [0, 0.05) is 32.9 Å². The van der Waals surface area contributed by atoms with E-state index in [2.05, 4.69) is 67.3 Å². The fraction of sp³-hybridized carbons (Fsp3) is 0.829. The van der Waals surface area contributed by atoms with Crippen LogP contribution in [0.2, 0.25) is 22.2 Å². The first kappa shape index (κ1) is 44.6. The fourth-order valence-corrected chi connectivity index (χ4v) is 20.0. The fourth-order valence-electron chi connectivity index (χ4n) is 7.38. The molecule has 1 N–H and O–H groups in total. The molecule has 3 fully saturated rings. The monoisotopic (exact) mass is 791 g/mol. The third-order valence-corrected chi connectivity index (χ3v) is 21.3. The average Bonchev–Trinajstić information content (AvgIpc) is 3.20. The minimum Gasteiger partial charge on any atom is -0.457 e. The van der Waals surface area contributed by atoms with Gasteiger partial charge in [-0.3, -0.25) is 19.2 Å². The quantitative estimate of drug-likeness (QED) is 0.108. The van der Waals surface area contributed by atoms with Gasteiger partial charge in [-0.05, 0) is 29.1 Å². The third-order valence-electron chi connectivity index (χ3n) is 9.63. The van der Waals surface area contributed by atoms with E-state index in [1.807, 2.05) is 6.92 Å². The molecule has 3 aliphatic rings. The van der Waals surface area contributed by atoms with E-state index in [1.54, 1.807) is 6.08 Å². The number of amides is 1. The van der Waals surface area contributed by atoms with Crippen LogP contribution in [0, 0.1) is 0 Å². The molecule has 14 nitrogen and oxygen atoms in total. The Bertz CT molecular complexity index is 1250. The largest absolute Gasteiger partial charge is 0.457 e. The molecule has 298 valence electrons. The maximum atomic E-state index is 12.7. The second kappa shape index (κ2) is 18.7. The van der Waals surface area contributed by atoms with Crippen LogP contribution in [-0.2, 0) is 60.6 Å². The van der Waals surface area contributed by atoms with Gasteiger partial charge in [0.05, 0.1) is 13.2 Å². The Morgan fingerprint density at radius 3 is 1.69 bits per heavy atom. The smallest absolute Gasteiger partial charge is 0.335 e. The molecule has 17 heteroatoms. The van der Waals surface area contributed by atoms with Gasteiger partial charge in [0.1, 0.15) is 29.8 Å². The highest BCUT2D eigenvalue weighted by Gasteiger charge is 2.65. The van der Waals surface area contributed by atoms with Gasteiger partial charge >= 0.3 is 35.0 Å². The zero-order valence-corrected chi connectivity index (χ0v) is 35.8. The van der Waals surface area contributed by atoms with Crippen LogP contribution >= 0.6 is 11.8 Å². The number of nitrogens with one attached hydrogen (secondary N) is 1. The van der Waals surface area contributed by atoms with E-state index in [9.17, 15) is 19.2 Å². The number of carbonyl (C=O) groups is 4. The molecule has 0 bridgehead atoms. The molecule has 3 rings (SSSR count). The summed E-state index contributed by atoms with van der Waals surface area (Å²) >= 11 is 1.27. The maximum Gasteiger partial charge on any atom is 0.335 e. The standard InChI is InChI=1S/C35H61NO13SSi2/c1-15-16-41-34-28(36-23(11)37)31-30(47-51(18(2)3,19(4)5)49-52(48-31,20(6)7)21(8)9)27(46-34)17-42-35-33(45-26(14)40)32(44-25(13)39)29(22(10)50-35)43-24(12)38/h15,18-22,27-35H,1,16-17H2,2-14H3,(H,36,37)/t22-,27+,28+,29+,30+,31+,32+,33-,34+,35-/m0/s1. The van der Waals surface area contributed by atoms with Crippen molar-refractivity contribution in [3.8, 4) is 0 Å². The highest BCUT2D eigenvalue weighted by Crippen LogP contribution is 2.50. The summed E-state index contributed by atoms with van der Waals surface area (Å²) in [5.41, 5.74) is -0.802. The van der Waals surface area contributed by atoms with Crippen molar-refractivity contribution in [1.82, 2.24) is 5.32 Å². The number of esters is 3. The van der Waals surface area contributed by atoms with Crippen molar-refractivity contribution < 1.29 is 60.6 Å². The van der Waals surface area contributed by atoms with Crippen LogP contribution in [0.5, 0.6) is 0 Å². The Kier molecular flexibility index (Phi) is 16.0. The van der Waals surface area contributed by atoms with Crippen LogP contribution in [0.25, 0.3) is 0 Å². The van der Waals surface area contributed by atoms with Gasteiger partial charge in [0.2, 0.25) is 5.91 Å². The van der Waals surface area contributed by atoms with Gasteiger partial charge in [-0.2, -0.15) is 0 Å². The molecule has 0 aromatic heterocycles. The molecular weight excluding hydrogens is 731 g/mol. The van der Waals surface area contributed by atoms with E-state index in [0.29, 0.717) is 0 Å². The van der Waals surface area contributed by atoms with Gasteiger partial charge in [-0.25, -0.2) is 0 Å². The Labute approximate surface area is 315 Å². The summed E-state index contributed by atoms with van der Waals surface area (Å²) in [6, 6.07) is -0.772. The molecule has 3 aliphatic heterocycles. The van der Waals surface area contributed by atoms with Crippen LogP contribution in [0.4, 0.5) is 0 Å². The lowest BCUT2D eigenvalue weighted by Gasteiger charge is -2.49. The number of hydrogen-bond donors (Lipinski definition) is 1. The van der Waals surface area contributed by atoms with Gasteiger partial charge in [0.15, 0.2) is 24.6 Å². The lowest BCUT2D eigenvalue weighted by atomic mass is 9.96. The molecule has 10 atom stereocenters. The van der Waals surface area contributed by atoms with Crippen molar-refractivity contribution in [1.29, 1.82) is 0 Å². The summed E-state index contributed by atoms with van der Waals surface area (Å²) in [5.74, 6) is -2.15. The Morgan fingerprint density at radius 1 is 0.750 bits per heavy atom. The third kappa shape index (κ3) is 10.1. The Morgan fingerprint density at radius 2 is 1.23 bits per heavy atom. The second-order valence-corrected chi connectivity index (χ2v) is 25.3. The van der Waals surface area contributed by atoms with Crippen molar-refractivity contribution in [3.05, 3.63) is 12.7 Å². The molecule has 0 saturated carbocycles. The lowest BCUT2D eigenvalue weighted by molar-refractivity contribution is -0.266. The summed E-state index contributed by atoms with van der Waals surface area (Å²) in [6.07, 6.45) is -4.94. The van der Waals surface area contributed by atoms with E-state index >= 15 is 0 Å². The maximum absolute atomic E-state index is 12.7. The Hall–Kier alpha value is -1.84. The molecule has 0 aromatic carbocycles. The van der Waals surface area contributed by atoms with E-state index in [0.717, 1.165) is 0 Å². The normalized spacial score (nSPS) is 32.9. The number of rotatable bonds is 14. The molecule has 0 spiro atoms. The molecule has 3 saturated heterocycles. The highest BCUT2D eigenvalue weighted by atomic mass is 32.2. The topological polar surface area (TPSA) is 163 Å². The number of hydrogen-bond acceptors (Lipinski definition) is 14. The van der Waals surface area contributed by atoms with E-state index in [1.165, 1.54) is 39.5 Å². The van der Waals surface area contributed by atoms with Crippen molar-refractivity contribution in [2.45, 2.75) is 172 Å². The zero-order chi connectivity index (χ0) is 39.3. The first-order valence-electron chi connectivity index (χ1n) is 18.2. The van der Waals surface area contributed by atoms with Gasteiger partial charge in [-0.15, -0.1) is 18.3 Å². The van der Waals surface area contributed by atoms with Crippen LogP contribution in [0.15, 0.2) is 12.7 Å². The molecule has 0 unspecified atom stereocenters. The van der Waals surface area contributed by atoms with E-state index < -0.39 is 94.7 Å². The van der Waals surface area contributed by atoms with E-state index in [4.69, 9.17) is 41.4 Å². The van der Waals surface area contributed by atoms with Crippen molar-refractivity contribution in [3.63, 3.8) is 0 Å². The summed E-state index contributed by atoms with van der Waals surface area (Å²) in [4.78, 5) is 49.5. The number of carbonyl (C=O) groups excluding carboxylic acids is 4. The minimum atomic E-state index is -3.13. The summed E-state index contributed by atoms with van der Waals surface area (Å²) in [5, 5.41) is 2.61. The minimum absolute atomic E-state index is 0.0144. The zero-order valence-electron chi connectivity index (χ0n) is 33.0. The van der Waals surface area contributed by atoms with Gasteiger partial charge in [0.25, 0.3) is 0 Å². The van der Waals surface area contributed by atoms with Crippen LogP contribution < -0.4 is 5.32 Å². The highest BCUT2D eigenvalue weighted by molar-refractivity contribution is 8.00.